The number of urea groups is 2. The molecule has 4 amide bonds. The number of pyridine rings is 1. The second-order valence-electron chi connectivity index (χ2n) is 9.34. The van der Waals surface area contributed by atoms with Crippen molar-refractivity contribution in [2.24, 2.45) is 0 Å². The van der Waals surface area contributed by atoms with Crippen LogP contribution in [-0.4, -0.2) is 59.2 Å². The van der Waals surface area contributed by atoms with E-state index in [2.05, 4.69) is 20.5 Å². The summed E-state index contributed by atoms with van der Waals surface area (Å²) in [6, 6.07) is 5.96. The Morgan fingerprint density at radius 2 is 1.85 bits per heavy atom. The van der Waals surface area contributed by atoms with E-state index in [0.29, 0.717) is 25.4 Å². The van der Waals surface area contributed by atoms with Crippen molar-refractivity contribution < 1.29 is 27.9 Å². The fourth-order valence-corrected chi connectivity index (χ4v) is 5.11. The molecule has 13 heteroatoms. The standard InChI is InChI=1S/C27H31F2N5O4.2ClH/c1-4-22(33-13-10-17(11-14-33)21-7-5-6-12-30-21)32-27(37)34-24(18-8-9-19(28)20(29)15-18)23(25(35)38-3)16(2)31-26(34)36;;/h5-9,12,15,17,22,24H,4,10-11,13-14H2,1-3H3,(H,31,36)(H,32,37);2*1H. The van der Waals surface area contributed by atoms with Crippen molar-refractivity contribution in [3.63, 3.8) is 0 Å². The first-order chi connectivity index (χ1) is 18.2. The maximum absolute atomic E-state index is 14.2. The molecule has 1 aromatic carbocycles. The average Bonchev–Trinajstić information content (AvgIpc) is 2.93. The van der Waals surface area contributed by atoms with Gasteiger partial charge in [-0.25, -0.2) is 28.1 Å². The van der Waals surface area contributed by atoms with E-state index < -0.39 is 35.7 Å². The fraction of sp³-hybridized carbons (Fsp3) is 0.407. The molecule has 2 unspecified atom stereocenters. The Balaban J connectivity index is 0.00000280. The summed E-state index contributed by atoms with van der Waals surface area (Å²) in [6.45, 7) is 4.83. The van der Waals surface area contributed by atoms with Gasteiger partial charge in [-0.3, -0.25) is 9.88 Å². The second kappa shape index (κ2) is 14.4. The predicted molar refractivity (Wildman–Crippen MR) is 149 cm³/mol. The van der Waals surface area contributed by atoms with Gasteiger partial charge in [-0.1, -0.05) is 19.1 Å². The molecular weight excluding hydrogens is 567 g/mol. The fourth-order valence-electron chi connectivity index (χ4n) is 5.11. The highest BCUT2D eigenvalue weighted by atomic mass is 35.5. The number of benzene rings is 1. The number of amides is 4. The predicted octanol–water partition coefficient (Wildman–Crippen LogP) is 5.04. The second-order valence-corrected chi connectivity index (χ2v) is 9.34. The van der Waals surface area contributed by atoms with Gasteiger partial charge in [0, 0.05) is 36.6 Å². The third kappa shape index (κ3) is 6.89. The van der Waals surface area contributed by atoms with Crippen LogP contribution in [0.15, 0.2) is 53.9 Å². The van der Waals surface area contributed by atoms with Crippen LogP contribution in [0.2, 0.25) is 0 Å². The van der Waals surface area contributed by atoms with E-state index >= 15 is 0 Å². The van der Waals surface area contributed by atoms with E-state index in [1.807, 2.05) is 25.1 Å². The lowest BCUT2D eigenvalue weighted by Gasteiger charge is -2.40. The lowest BCUT2D eigenvalue weighted by molar-refractivity contribution is -0.136. The number of methoxy groups -OCH3 is 1. The minimum Gasteiger partial charge on any atom is -0.466 e. The number of nitrogens with zero attached hydrogens (tertiary/aromatic N) is 3. The van der Waals surface area contributed by atoms with Gasteiger partial charge in [0.2, 0.25) is 0 Å². The van der Waals surface area contributed by atoms with Gasteiger partial charge in [0.15, 0.2) is 11.6 Å². The molecule has 9 nitrogen and oxygen atoms in total. The Hall–Kier alpha value is -3.28. The lowest BCUT2D eigenvalue weighted by atomic mass is 9.92. The molecule has 1 aromatic heterocycles. The summed E-state index contributed by atoms with van der Waals surface area (Å²) in [7, 11) is 1.16. The van der Waals surface area contributed by atoms with Gasteiger partial charge in [0.1, 0.15) is 6.04 Å². The van der Waals surface area contributed by atoms with Gasteiger partial charge in [0.05, 0.1) is 18.8 Å². The molecule has 1 saturated heterocycles. The summed E-state index contributed by atoms with van der Waals surface area (Å²) in [5.41, 5.74) is 1.20. The molecule has 40 heavy (non-hydrogen) atoms. The summed E-state index contributed by atoms with van der Waals surface area (Å²) < 4.78 is 32.8. The molecule has 2 aliphatic heterocycles. The van der Waals surface area contributed by atoms with Crippen molar-refractivity contribution in [3.8, 4) is 0 Å². The number of carbonyl (C=O) groups is 3. The van der Waals surface area contributed by atoms with Crippen molar-refractivity contribution in [2.45, 2.75) is 51.2 Å². The number of esters is 1. The SMILES string of the molecule is CCC(NC(=O)N1C(=O)NC(C)=C(C(=O)OC)C1c1ccc(F)c(F)c1)N1CCC(c2ccccn2)CC1.Cl.Cl. The molecule has 0 bridgehead atoms. The van der Waals surface area contributed by atoms with Crippen LogP contribution in [0.25, 0.3) is 0 Å². The topological polar surface area (TPSA) is 104 Å². The van der Waals surface area contributed by atoms with Crippen LogP contribution in [0.3, 0.4) is 0 Å². The van der Waals surface area contributed by atoms with Crippen LogP contribution in [0.5, 0.6) is 0 Å². The first kappa shape index (κ1) is 32.9. The smallest absolute Gasteiger partial charge is 0.337 e. The van der Waals surface area contributed by atoms with E-state index in [1.165, 1.54) is 13.0 Å². The maximum atomic E-state index is 14.2. The molecule has 218 valence electrons. The number of hydrogen-bond acceptors (Lipinski definition) is 6. The molecule has 2 aromatic rings. The highest BCUT2D eigenvalue weighted by Crippen LogP contribution is 2.35. The van der Waals surface area contributed by atoms with Crippen molar-refractivity contribution in [1.29, 1.82) is 0 Å². The first-order valence-electron chi connectivity index (χ1n) is 12.5. The Bertz CT molecular complexity index is 1240. The van der Waals surface area contributed by atoms with E-state index in [9.17, 15) is 23.2 Å². The van der Waals surface area contributed by atoms with Crippen LogP contribution in [0.4, 0.5) is 18.4 Å². The molecule has 0 spiro atoms. The molecule has 1 fully saturated rings. The Morgan fingerprint density at radius 1 is 1.15 bits per heavy atom. The van der Waals surface area contributed by atoms with Crippen LogP contribution in [0, 0.1) is 11.6 Å². The number of halogens is 4. The monoisotopic (exact) mass is 599 g/mol. The van der Waals surface area contributed by atoms with Gasteiger partial charge in [-0.05, 0) is 56.0 Å². The normalized spacial score (nSPS) is 18.7. The zero-order valence-electron chi connectivity index (χ0n) is 22.4. The zero-order valence-corrected chi connectivity index (χ0v) is 24.0. The van der Waals surface area contributed by atoms with Crippen molar-refractivity contribution in [1.82, 2.24) is 25.4 Å². The van der Waals surface area contributed by atoms with Crippen LogP contribution < -0.4 is 10.6 Å². The molecule has 0 aliphatic carbocycles. The molecule has 0 radical (unpaired) electrons. The minimum atomic E-state index is -1.32. The Morgan fingerprint density at radius 3 is 2.42 bits per heavy atom. The highest BCUT2D eigenvalue weighted by molar-refractivity contribution is 6.01. The number of allylic oxidation sites excluding steroid dienone is 1. The first-order valence-corrected chi connectivity index (χ1v) is 12.5. The maximum Gasteiger partial charge on any atom is 0.337 e. The number of imide groups is 1. The molecule has 2 atom stereocenters. The van der Waals surface area contributed by atoms with E-state index in [1.54, 1.807) is 6.20 Å². The third-order valence-electron chi connectivity index (χ3n) is 7.09. The van der Waals surface area contributed by atoms with Crippen LogP contribution in [-0.2, 0) is 9.53 Å². The van der Waals surface area contributed by atoms with Crippen LogP contribution >= 0.6 is 24.8 Å². The number of nitrogens with one attached hydrogen (secondary N) is 2. The zero-order chi connectivity index (χ0) is 27.4. The summed E-state index contributed by atoms with van der Waals surface area (Å²) in [5.74, 6) is -2.75. The summed E-state index contributed by atoms with van der Waals surface area (Å²) in [5, 5.41) is 5.42. The molecule has 4 rings (SSSR count). The quantitative estimate of drug-likeness (QED) is 0.451. The molecule has 3 heterocycles. The summed E-state index contributed by atoms with van der Waals surface area (Å²) in [6.07, 6.45) is 3.67. The summed E-state index contributed by atoms with van der Waals surface area (Å²) >= 11 is 0. The van der Waals surface area contributed by atoms with E-state index in [-0.39, 0.29) is 47.8 Å². The number of ether oxygens (including phenoxy) is 1. The van der Waals surface area contributed by atoms with Gasteiger partial charge in [0.25, 0.3) is 0 Å². The lowest BCUT2D eigenvalue weighted by Crippen LogP contribution is -2.59. The van der Waals surface area contributed by atoms with E-state index in [0.717, 1.165) is 42.7 Å². The largest absolute Gasteiger partial charge is 0.466 e. The molecule has 2 aliphatic rings. The van der Waals surface area contributed by atoms with Crippen molar-refractivity contribution in [2.75, 3.05) is 20.2 Å². The van der Waals surface area contributed by atoms with Gasteiger partial charge in [-0.15, -0.1) is 24.8 Å². The minimum absolute atomic E-state index is 0. The van der Waals surface area contributed by atoms with Gasteiger partial charge in [-0.2, -0.15) is 0 Å². The molecule has 2 N–H and O–H groups in total. The number of likely N-dealkylation sites (tertiary alicyclic amines) is 1. The number of piperidine rings is 1. The summed E-state index contributed by atoms with van der Waals surface area (Å²) in [4.78, 5) is 46.7. The molecule has 0 saturated carbocycles. The Labute approximate surface area is 244 Å². The van der Waals surface area contributed by atoms with Crippen molar-refractivity contribution in [3.05, 3.63) is 76.8 Å². The third-order valence-corrected chi connectivity index (χ3v) is 7.09. The number of rotatable bonds is 6. The van der Waals surface area contributed by atoms with E-state index in [4.69, 9.17) is 4.74 Å². The highest BCUT2D eigenvalue weighted by Gasteiger charge is 2.43. The van der Waals surface area contributed by atoms with Gasteiger partial charge < -0.3 is 15.4 Å². The van der Waals surface area contributed by atoms with Crippen molar-refractivity contribution >= 4 is 42.8 Å². The number of hydrogen-bond donors (Lipinski definition) is 2. The average molecular weight is 600 g/mol. The molecular formula is C27H33Cl2F2N5O4. The number of carbonyl (C=O) groups excluding carboxylic acids is 3. The Kier molecular flexibility index (Phi) is 11.8. The number of aromatic nitrogens is 1. The van der Waals surface area contributed by atoms with Crippen LogP contribution in [0.1, 0.15) is 56.3 Å². The van der Waals surface area contributed by atoms with Gasteiger partial charge >= 0.3 is 18.0 Å².